The smallest absolute Gasteiger partial charge is 0.319 e. The summed E-state index contributed by atoms with van der Waals surface area (Å²) in [5, 5.41) is 14.2. The SMILES string of the molecule is Cl.O=C(O)CCCCN1CCC(NC(=O)Nc2ccc(F)cc2)C1. The summed E-state index contributed by atoms with van der Waals surface area (Å²) < 4.78 is 12.8. The summed E-state index contributed by atoms with van der Waals surface area (Å²) in [5.74, 6) is -1.10. The van der Waals surface area contributed by atoms with Crippen LogP contribution in [0.4, 0.5) is 14.9 Å². The van der Waals surface area contributed by atoms with Crippen molar-refractivity contribution in [1.29, 1.82) is 0 Å². The van der Waals surface area contributed by atoms with Crippen LogP contribution < -0.4 is 10.6 Å². The number of urea groups is 1. The van der Waals surface area contributed by atoms with Crippen LogP contribution in [0.3, 0.4) is 0 Å². The third kappa shape index (κ3) is 7.14. The Hall–Kier alpha value is -1.86. The maximum Gasteiger partial charge on any atom is 0.319 e. The molecule has 6 nitrogen and oxygen atoms in total. The summed E-state index contributed by atoms with van der Waals surface area (Å²) in [5.41, 5.74) is 0.549. The predicted octanol–water partition coefficient (Wildman–Crippen LogP) is 2.70. The van der Waals surface area contributed by atoms with E-state index in [4.69, 9.17) is 5.11 Å². The maximum atomic E-state index is 12.8. The van der Waals surface area contributed by atoms with Crippen LogP contribution in [-0.4, -0.2) is 47.7 Å². The third-order valence-corrected chi connectivity index (χ3v) is 3.82. The Labute approximate surface area is 146 Å². The van der Waals surface area contributed by atoms with Crippen molar-refractivity contribution < 1.29 is 19.1 Å². The van der Waals surface area contributed by atoms with E-state index in [9.17, 15) is 14.0 Å². The molecule has 1 aliphatic heterocycles. The van der Waals surface area contributed by atoms with E-state index in [1.807, 2.05) is 0 Å². The van der Waals surface area contributed by atoms with Crippen molar-refractivity contribution in [1.82, 2.24) is 10.2 Å². The van der Waals surface area contributed by atoms with E-state index in [2.05, 4.69) is 15.5 Å². The molecule has 2 rings (SSSR count). The number of amides is 2. The number of hydrogen-bond donors (Lipinski definition) is 3. The first kappa shape index (κ1) is 20.2. The number of carboxylic acids is 1. The number of carboxylic acid groups (broad SMARTS) is 1. The molecule has 1 unspecified atom stereocenters. The average Bonchev–Trinajstić information content (AvgIpc) is 2.93. The van der Waals surface area contributed by atoms with E-state index in [-0.39, 0.29) is 36.7 Å². The van der Waals surface area contributed by atoms with Crippen LogP contribution in [0, 0.1) is 5.82 Å². The van der Waals surface area contributed by atoms with Crippen molar-refractivity contribution >= 4 is 30.1 Å². The van der Waals surface area contributed by atoms with E-state index in [1.54, 1.807) is 0 Å². The standard InChI is InChI=1S/C16H22FN3O3.ClH/c17-12-4-6-13(7-5-12)18-16(23)19-14-8-10-20(11-14)9-2-1-3-15(21)22;/h4-7,14H,1-3,8-11H2,(H,21,22)(H2,18,19,23);1H. The maximum absolute atomic E-state index is 12.8. The summed E-state index contributed by atoms with van der Waals surface area (Å²) in [6.45, 7) is 2.52. The van der Waals surface area contributed by atoms with Gasteiger partial charge in [-0.25, -0.2) is 9.18 Å². The number of nitrogens with one attached hydrogen (secondary N) is 2. The molecule has 1 fully saturated rings. The minimum atomic E-state index is -0.761. The number of aliphatic carboxylic acids is 1. The lowest BCUT2D eigenvalue weighted by atomic mass is 10.2. The molecule has 0 radical (unpaired) electrons. The quantitative estimate of drug-likeness (QED) is 0.654. The molecule has 8 heteroatoms. The summed E-state index contributed by atoms with van der Waals surface area (Å²) in [4.78, 5) is 24.6. The zero-order valence-electron chi connectivity index (χ0n) is 13.3. The summed E-state index contributed by atoms with van der Waals surface area (Å²) in [6.07, 6.45) is 2.60. The first-order valence-electron chi connectivity index (χ1n) is 7.80. The molecular weight excluding hydrogens is 337 g/mol. The fraction of sp³-hybridized carbons (Fsp3) is 0.500. The van der Waals surface area contributed by atoms with Crippen molar-refractivity contribution in [3.63, 3.8) is 0 Å². The summed E-state index contributed by atoms with van der Waals surface area (Å²) in [6, 6.07) is 5.40. The molecule has 0 aromatic heterocycles. The molecule has 1 atom stereocenters. The van der Waals surface area contributed by atoms with E-state index in [0.717, 1.165) is 32.5 Å². The molecule has 1 aromatic carbocycles. The van der Waals surface area contributed by atoms with Crippen molar-refractivity contribution in [2.75, 3.05) is 25.0 Å². The van der Waals surface area contributed by atoms with Gasteiger partial charge in [0.1, 0.15) is 5.82 Å². The lowest BCUT2D eigenvalue weighted by Crippen LogP contribution is -2.39. The topological polar surface area (TPSA) is 81.7 Å². The van der Waals surface area contributed by atoms with E-state index in [1.165, 1.54) is 24.3 Å². The second-order valence-electron chi connectivity index (χ2n) is 5.74. The molecule has 0 bridgehead atoms. The fourth-order valence-corrected chi connectivity index (χ4v) is 2.65. The Morgan fingerprint density at radius 3 is 2.62 bits per heavy atom. The fourth-order valence-electron chi connectivity index (χ4n) is 2.65. The van der Waals surface area contributed by atoms with Crippen LogP contribution in [0.25, 0.3) is 0 Å². The van der Waals surface area contributed by atoms with E-state index >= 15 is 0 Å². The van der Waals surface area contributed by atoms with Crippen LogP contribution in [0.2, 0.25) is 0 Å². The summed E-state index contributed by atoms with van der Waals surface area (Å²) in [7, 11) is 0. The molecule has 3 N–H and O–H groups in total. The van der Waals surface area contributed by atoms with Crippen molar-refractivity contribution in [3.05, 3.63) is 30.1 Å². The number of halogens is 2. The molecule has 0 spiro atoms. The average molecular weight is 360 g/mol. The number of rotatable bonds is 7. The molecule has 1 saturated heterocycles. The van der Waals surface area contributed by atoms with Crippen LogP contribution in [0.15, 0.2) is 24.3 Å². The van der Waals surface area contributed by atoms with Gasteiger partial charge in [0.15, 0.2) is 0 Å². The Morgan fingerprint density at radius 2 is 1.96 bits per heavy atom. The Kier molecular flexibility index (Phi) is 8.49. The largest absolute Gasteiger partial charge is 0.481 e. The van der Waals surface area contributed by atoms with Gasteiger partial charge < -0.3 is 20.6 Å². The van der Waals surface area contributed by atoms with Crippen molar-refractivity contribution in [2.24, 2.45) is 0 Å². The normalized spacial score (nSPS) is 17.1. The molecule has 0 aliphatic carbocycles. The predicted molar refractivity (Wildman–Crippen MR) is 92.1 cm³/mol. The van der Waals surface area contributed by atoms with Crippen LogP contribution in [0.1, 0.15) is 25.7 Å². The van der Waals surface area contributed by atoms with Gasteiger partial charge in [0, 0.05) is 31.2 Å². The number of nitrogens with zero attached hydrogens (tertiary/aromatic N) is 1. The molecule has 1 heterocycles. The van der Waals surface area contributed by atoms with Gasteiger partial charge in [-0.05, 0) is 50.1 Å². The first-order chi connectivity index (χ1) is 11.0. The number of carbonyl (C=O) groups is 2. The highest BCUT2D eigenvalue weighted by Crippen LogP contribution is 2.12. The van der Waals surface area contributed by atoms with E-state index < -0.39 is 5.97 Å². The minimum Gasteiger partial charge on any atom is -0.481 e. The van der Waals surface area contributed by atoms with Crippen LogP contribution >= 0.6 is 12.4 Å². The molecule has 134 valence electrons. The monoisotopic (exact) mass is 359 g/mol. The Morgan fingerprint density at radius 1 is 1.25 bits per heavy atom. The van der Waals surface area contributed by atoms with Gasteiger partial charge in [-0.2, -0.15) is 0 Å². The number of anilines is 1. The second-order valence-corrected chi connectivity index (χ2v) is 5.74. The van der Waals surface area contributed by atoms with Crippen LogP contribution in [-0.2, 0) is 4.79 Å². The van der Waals surface area contributed by atoms with Gasteiger partial charge in [0.2, 0.25) is 0 Å². The number of likely N-dealkylation sites (tertiary alicyclic amines) is 1. The Balaban J connectivity index is 0.00000288. The van der Waals surface area contributed by atoms with Crippen LogP contribution in [0.5, 0.6) is 0 Å². The highest BCUT2D eigenvalue weighted by atomic mass is 35.5. The minimum absolute atomic E-state index is 0. The number of unbranched alkanes of at least 4 members (excludes halogenated alkanes) is 1. The third-order valence-electron chi connectivity index (χ3n) is 3.82. The van der Waals surface area contributed by atoms with Gasteiger partial charge >= 0.3 is 12.0 Å². The second kappa shape index (κ2) is 10.1. The number of carbonyl (C=O) groups excluding carboxylic acids is 1. The van der Waals surface area contributed by atoms with Gasteiger partial charge in [0.25, 0.3) is 0 Å². The molecule has 24 heavy (non-hydrogen) atoms. The van der Waals surface area contributed by atoms with Gasteiger partial charge in [-0.1, -0.05) is 0 Å². The lowest BCUT2D eigenvalue weighted by Gasteiger charge is -2.16. The number of hydrogen-bond acceptors (Lipinski definition) is 3. The van der Waals surface area contributed by atoms with Gasteiger partial charge in [0.05, 0.1) is 0 Å². The highest BCUT2D eigenvalue weighted by Gasteiger charge is 2.23. The van der Waals surface area contributed by atoms with E-state index in [0.29, 0.717) is 12.1 Å². The molecule has 1 aromatic rings. The van der Waals surface area contributed by atoms with Crippen molar-refractivity contribution in [3.8, 4) is 0 Å². The summed E-state index contributed by atoms with van der Waals surface area (Å²) >= 11 is 0. The Bertz CT molecular complexity index is 542. The molecule has 0 saturated carbocycles. The van der Waals surface area contributed by atoms with Gasteiger partial charge in [-0.3, -0.25) is 4.79 Å². The van der Waals surface area contributed by atoms with Gasteiger partial charge in [-0.15, -0.1) is 12.4 Å². The zero-order chi connectivity index (χ0) is 16.7. The lowest BCUT2D eigenvalue weighted by molar-refractivity contribution is -0.137. The molecule has 2 amide bonds. The molecular formula is C16H23ClFN3O3. The van der Waals surface area contributed by atoms with Crippen molar-refractivity contribution in [2.45, 2.75) is 31.7 Å². The zero-order valence-corrected chi connectivity index (χ0v) is 14.2. The highest BCUT2D eigenvalue weighted by molar-refractivity contribution is 5.89. The molecule has 1 aliphatic rings. The first-order valence-corrected chi connectivity index (χ1v) is 7.80. The number of benzene rings is 1.